The standard InChI is InChI=1S/C27H38N4O3/c1-26(2,3)16-22(33)30-13-14-31-20(17-30)23(29-24(31)18-11-9-8-10-12-18)21(32)15-19(25(34)28-7)27(4,5)6/h8-12,19H,13-17H2,1-7H3,(H,28,34)/t19-/m1/s1. The van der Waals surface area contributed by atoms with E-state index in [0.717, 1.165) is 17.1 Å². The van der Waals surface area contributed by atoms with Crippen LogP contribution in [0.3, 0.4) is 0 Å². The van der Waals surface area contributed by atoms with Crippen molar-refractivity contribution >= 4 is 17.6 Å². The molecule has 1 atom stereocenters. The minimum Gasteiger partial charge on any atom is -0.359 e. The molecule has 0 spiro atoms. The second-order valence-electron chi connectivity index (χ2n) is 11.5. The summed E-state index contributed by atoms with van der Waals surface area (Å²) in [4.78, 5) is 45.8. The van der Waals surface area contributed by atoms with Crippen molar-refractivity contribution in [3.05, 3.63) is 41.7 Å². The molecule has 2 heterocycles. The number of Topliss-reactive ketones (excluding diaryl/α,β-unsaturated/α-hetero) is 1. The van der Waals surface area contributed by atoms with E-state index in [1.165, 1.54) is 0 Å². The molecule has 0 saturated heterocycles. The summed E-state index contributed by atoms with van der Waals surface area (Å²) in [7, 11) is 1.59. The number of amides is 2. The van der Waals surface area contributed by atoms with Gasteiger partial charge in [0.25, 0.3) is 0 Å². The van der Waals surface area contributed by atoms with Gasteiger partial charge in [0.15, 0.2) is 5.78 Å². The molecule has 3 rings (SSSR count). The molecule has 0 unspecified atom stereocenters. The van der Waals surface area contributed by atoms with Gasteiger partial charge in [0, 0.05) is 38.5 Å². The molecule has 1 aliphatic rings. The number of hydrogen-bond acceptors (Lipinski definition) is 4. The van der Waals surface area contributed by atoms with Gasteiger partial charge in [-0.15, -0.1) is 0 Å². The predicted molar refractivity (Wildman–Crippen MR) is 133 cm³/mol. The SMILES string of the molecule is CNC(=O)[C@@H](CC(=O)c1nc(-c2ccccc2)n2c1CN(C(=O)CC(C)(C)C)CC2)C(C)(C)C. The number of nitrogens with one attached hydrogen (secondary N) is 1. The lowest BCUT2D eigenvalue weighted by Crippen LogP contribution is -2.40. The number of rotatable bonds is 6. The fraction of sp³-hybridized carbons (Fsp3) is 0.556. The number of ketones is 1. The van der Waals surface area contributed by atoms with E-state index in [0.29, 0.717) is 31.7 Å². The number of benzene rings is 1. The van der Waals surface area contributed by atoms with Gasteiger partial charge >= 0.3 is 0 Å². The molecular formula is C27H38N4O3. The van der Waals surface area contributed by atoms with Crippen LogP contribution >= 0.6 is 0 Å². The normalized spacial score (nSPS) is 15.0. The molecule has 7 nitrogen and oxygen atoms in total. The van der Waals surface area contributed by atoms with Crippen LogP contribution in [-0.4, -0.2) is 45.6 Å². The topological polar surface area (TPSA) is 84.3 Å². The van der Waals surface area contributed by atoms with Gasteiger partial charge in [0.05, 0.1) is 18.2 Å². The fourth-order valence-electron chi connectivity index (χ4n) is 4.43. The van der Waals surface area contributed by atoms with Gasteiger partial charge in [0.2, 0.25) is 11.8 Å². The first-order chi connectivity index (χ1) is 15.8. The molecule has 1 aliphatic heterocycles. The van der Waals surface area contributed by atoms with Gasteiger partial charge < -0.3 is 14.8 Å². The van der Waals surface area contributed by atoms with E-state index < -0.39 is 5.92 Å². The maximum Gasteiger partial charge on any atom is 0.223 e. The van der Waals surface area contributed by atoms with Crippen LogP contribution in [0.1, 0.15) is 70.6 Å². The molecule has 1 aromatic heterocycles. The quantitative estimate of drug-likeness (QED) is 0.643. The summed E-state index contributed by atoms with van der Waals surface area (Å²) in [6, 6.07) is 9.79. The average Bonchev–Trinajstić information content (AvgIpc) is 3.14. The van der Waals surface area contributed by atoms with Crippen LogP contribution in [0.4, 0.5) is 0 Å². The Morgan fingerprint density at radius 1 is 1.03 bits per heavy atom. The molecule has 0 fully saturated rings. The van der Waals surface area contributed by atoms with Crippen LogP contribution in [0.25, 0.3) is 11.4 Å². The Kier molecular flexibility index (Phi) is 7.34. The Labute approximate surface area is 202 Å². The lowest BCUT2D eigenvalue weighted by molar-refractivity contribution is -0.134. The van der Waals surface area contributed by atoms with Gasteiger partial charge in [-0.3, -0.25) is 14.4 Å². The van der Waals surface area contributed by atoms with Crippen molar-refractivity contribution in [1.82, 2.24) is 19.8 Å². The van der Waals surface area contributed by atoms with Crippen LogP contribution in [-0.2, 0) is 22.7 Å². The van der Waals surface area contributed by atoms with E-state index in [4.69, 9.17) is 4.98 Å². The number of nitrogens with zero attached hydrogens (tertiary/aromatic N) is 3. The first kappa shape index (κ1) is 25.7. The average molecular weight is 467 g/mol. The van der Waals surface area contributed by atoms with Gasteiger partial charge in [-0.2, -0.15) is 0 Å². The number of aromatic nitrogens is 2. The second kappa shape index (κ2) is 9.72. The zero-order chi connectivity index (χ0) is 25.3. The summed E-state index contributed by atoms with van der Waals surface area (Å²) in [5.41, 5.74) is 1.55. The first-order valence-electron chi connectivity index (χ1n) is 12.0. The number of carbonyl (C=O) groups excluding carboxylic acids is 3. The van der Waals surface area contributed by atoms with Crippen LogP contribution in [0.5, 0.6) is 0 Å². The monoisotopic (exact) mass is 466 g/mol. The largest absolute Gasteiger partial charge is 0.359 e. The molecular weight excluding hydrogens is 428 g/mol. The summed E-state index contributed by atoms with van der Waals surface area (Å²) in [5.74, 6) is 0.00942. The highest BCUT2D eigenvalue weighted by atomic mass is 16.2. The van der Waals surface area contributed by atoms with Crippen LogP contribution in [0, 0.1) is 16.7 Å². The lowest BCUT2D eigenvalue weighted by Gasteiger charge is -2.32. The van der Waals surface area contributed by atoms with E-state index in [9.17, 15) is 14.4 Å². The van der Waals surface area contributed by atoms with E-state index in [1.807, 2.05) is 76.8 Å². The van der Waals surface area contributed by atoms with E-state index in [-0.39, 0.29) is 34.8 Å². The smallest absolute Gasteiger partial charge is 0.223 e. The van der Waals surface area contributed by atoms with Gasteiger partial charge in [0.1, 0.15) is 11.5 Å². The van der Waals surface area contributed by atoms with Crippen LogP contribution in [0.2, 0.25) is 0 Å². The van der Waals surface area contributed by atoms with Crippen molar-refractivity contribution in [2.75, 3.05) is 13.6 Å². The minimum absolute atomic E-state index is 0.0668. The highest BCUT2D eigenvalue weighted by Gasteiger charge is 2.36. The molecule has 0 bridgehead atoms. The highest BCUT2D eigenvalue weighted by molar-refractivity contribution is 5.99. The van der Waals surface area contributed by atoms with Crippen molar-refractivity contribution in [2.24, 2.45) is 16.7 Å². The summed E-state index contributed by atoms with van der Waals surface area (Å²) >= 11 is 0. The number of fused-ring (bicyclic) bond motifs is 1. The lowest BCUT2D eigenvalue weighted by atomic mass is 9.77. The Hall–Kier alpha value is -2.96. The second-order valence-corrected chi connectivity index (χ2v) is 11.5. The molecule has 2 amide bonds. The Morgan fingerprint density at radius 3 is 2.24 bits per heavy atom. The van der Waals surface area contributed by atoms with Crippen molar-refractivity contribution in [3.63, 3.8) is 0 Å². The Bertz CT molecular complexity index is 1060. The summed E-state index contributed by atoms with van der Waals surface area (Å²) < 4.78 is 2.06. The molecule has 1 aromatic carbocycles. The van der Waals surface area contributed by atoms with Crippen LogP contribution in [0.15, 0.2) is 30.3 Å². The molecule has 2 aromatic rings. The third kappa shape index (κ3) is 5.75. The Morgan fingerprint density at radius 2 is 1.68 bits per heavy atom. The number of hydrogen-bond donors (Lipinski definition) is 1. The van der Waals surface area contributed by atoms with Crippen molar-refractivity contribution < 1.29 is 14.4 Å². The van der Waals surface area contributed by atoms with Gasteiger partial charge in [-0.25, -0.2) is 4.98 Å². The highest BCUT2D eigenvalue weighted by Crippen LogP contribution is 2.33. The third-order valence-electron chi connectivity index (χ3n) is 6.33. The predicted octanol–water partition coefficient (Wildman–Crippen LogP) is 4.31. The molecule has 184 valence electrons. The molecule has 7 heteroatoms. The first-order valence-corrected chi connectivity index (χ1v) is 12.0. The Balaban J connectivity index is 2.00. The maximum absolute atomic E-state index is 13.6. The number of imidazole rings is 1. The number of carbonyl (C=O) groups is 3. The summed E-state index contributed by atoms with van der Waals surface area (Å²) in [6.45, 7) is 13.5. The van der Waals surface area contributed by atoms with Crippen molar-refractivity contribution in [1.29, 1.82) is 0 Å². The molecule has 1 N–H and O–H groups in total. The molecule has 0 saturated carbocycles. The molecule has 0 aliphatic carbocycles. The van der Waals surface area contributed by atoms with Crippen molar-refractivity contribution in [2.45, 2.75) is 67.5 Å². The molecule has 0 radical (unpaired) electrons. The summed E-state index contributed by atoms with van der Waals surface area (Å²) in [5, 5.41) is 2.70. The zero-order valence-corrected chi connectivity index (χ0v) is 21.6. The van der Waals surface area contributed by atoms with E-state index >= 15 is 0 Å². The van der Waals surface area contributed by atoms with Gasteiger partial charge in [-0.05, 0) is 10.8 Å². The van der Waals surface area contributed by atoms with Crippen molar-refractivity contribution in [3.8, 4) is 11.4 Å². The molecule has 34 heavy (non-hydrogen) atoms. The van der Waals surface area contributed by atoms with E-state index in [2.05, 4.69) is 9.88 Å². The fourth-order valence-corrected chi connectivity index (χ4v) is 4.43. The van der Waals surface area contributed by atoms with Gasteiger partial charge in [-0.1, -0.05) is 71.9 Å². The third-order valence-corrected chi connectivity index (χ3v) is 6.33. The summed E-state index contributed by atoms with van der Waals surface area (Å²) in [6.07, 6.45) is 0.510. The maximum atomic E-state index is 13.6. The van der Waals surface area contributed by atoms with Crippen LogP contribution < -0.4 is 5.32 Å². The minimum atomic E-state index is -0.482. The zero-order valence-electron chi connectivity index (χ0n) is 21.6. The van der Waals surface area contributed by atoms with E-state index in [1.54, 1.807) is 7.05 Å².